The van der Waals surface area contributed by atoms with Gasteiger partial charge in [-0.3, -0.25) is 4.79 Å². The number of rotatable bonds is 4. The summed E-state index contributed by atoms with van der Waals surface area (Å²) in [6.07, 6.45) is 1.86. The largest absolute Gasteiger partial charge is 0.469 e. The van der Waals surface area contributed by atoms with E-state index in [2.05, 4.69) is 5.32 Å². The van der Waals surface area contributed by atoms with Gasteiger partial charge in [-0.25, -0.2) is 0 Å². The minimum atomic E-state index is -0.0273. The number of benzene rings is 1. The zero-order valence-corrected chi connectivity index (χ0v) is 9.77. The molecule has 0 bridgehead atoms. The van der Waals surface area contributed by atoms with Crippen LogP contribution in [-0.2, 0) is 17.8 Å². The van der Waals surface area contributed by atoms with Gasteiger partial charge in [-0.05, 0) is 24.6 Å². The normalized spacial score (nSPS) is 10.2. The van der Waals surface area contributed by atoms with Crippen LogP contribution in [0.15, 0.2) is 47.1 Å². The smallest absolute Gasteiger partial charge is 0.227 e. The number of hydrogen-bond acceptors (Lipinski definition) is 2. The SMILES string of the molecule is Cc1ccc(CNC(=O)Cc2ccco2)cc1. The zero-order valence-electron chi connectivity index (χ0n) is 9.77. The second kappa shape index (κ2) is 5.34. The van der Waals surface area contributed by atoms with Gasteiger partial charge in [-0.1, -0.05) is 29.8 Å². The van der Waals surface area contributed by atoms with Gasteiger partial charge in [0.05, 0.1) is 12.7 Å². The number of furan rings is 1. The van der Waals surface area contributed by atoms with E-state index in [0.717, 1.165) is 5.56 Å². The molecule has 0 unspecified atom stereocenters. The Balaban J connectivity index is 1.82. The lowest BCUT2D eigenvalue weighted by atomic mass is 10.1. The van der Waals surface area contributed by atoms with Crippen molar-refractivity contribution in [2.75, 3.05) is 0 Å². The Labute approximate surface area is 100 Å². The molecule has 0 atom stereocenters. The molecule has 0 aliphatic rings. The maximum atomic E-state index is 11.6. The molecule has 2 rings (SSSR count). The zero-order chi connectivity index (χ0) is 12.1. The molecule has 0 saturated heterocycles. The van der Waals surface area contributed by atoms with Gasteiger partial charge >= 0.3 is 0 Å². The van der Waals surface area contributed by atoms with E-state index >= 15 is 0 Å². The van der Waals surface area contributed by atoms with E-state index in [9.17, 15) is 4.79 Å². The molecule has 2 aromatic rings. The fourth-order valence-corrected chi connectivity index (χ4v) is 1.54. The quantitative estimate of drug-likeness (QED) is 0.875. The minimum absolute atomic E-state index is 0.0273. The summed E-state index contributed by atoms with van der Waals surface area (Å²) >= 11 is 0. The first-order chi connectivity index (χ1) is 8.24. The Morgan fingerprint density at radius 1 is 1.24 bits per heavy atom. The summed E-state index contributed by atoms with van der Waals surface area (Å²) in [7, 11) is 0. The molecule has 0 radical (unpaired) electrons. The molecule has 1 aromatic carbocycles. The highest BCUT2D eigenvalue weighted by Gasteiger charge is 2.04. The first-order valence-electron chi connectivity index (χ1n) is 5.58. The molecule has 3 heteroatoms. The van der Waals surface area contributed by atoms with Gasteiger partial charge in [-0.2, -0.15) is 0 Å². The molecular weight excluding hydrogens is 214 g/mol. The van der Waals surface area contributed by atoms with Crippen molar-refractivity contribution >= 4 is 5.91 Å². The van der Waals surface area contributed by atoms with Crippen LogP contribution in [0.1, 0.15) is 16.9 Å². The van der Waals surface area contributed by atoms with Crippen molar-refractivity contribution in [3.05, 3.63) is 59.5 Å². The Morgan fingerprint density at radius 3 is 2.65 bits per heavy atom. The van der Waals surface area contributed by atoms with Crippen LogP contribution in [0.5, 0.6) is 0 Å². The van der Waals surface area contributed by atoms with Gasteiger partial charge in [0.15, 0.2) is 0 Å². The summed E-state index contributed by atoms with van der Waals surface area (Å²) in [6.45, 7) is 2.60. The second-order valence-electron chi connectivity index (χ2n) is 4.02. The standard InChI is InChI=1S/C14H15NO2/c1-11-4-6-12(7-5-11)10-15-14(16)9-13-3-2-8-17-13/h2-8H,9-10H2,1H3,(H,15,16). The third kappa shape index (κ3) is 3.48. The molecule has 17 heavy (non-hydrogen) atoms. The van der Waals surface area contributed by atoms with Crippen LogP contribution in [-0.4, -0.2) is 5.91 Å². The van der Waals surface area contributed by atoms with E-state index in [-0.39, 0.29) is 5.91 Å². The van der Waals surface area contributed by atoms with Crippen molar-refractivity contribution in [3.63, 3.8) is 0 Å². The van der Waals surface area contributed by atoms with E-state index < -0.39 is 0 Å². The van der Waals surface area contributed by atoms with Crippen molar-refractivity contribution in [1.29, 1.82) is 0 Å². The lowest BCUT2D eigenvalue weighted by molar-refractivity contribution is -0.120. The highest BCUT2D eigenvalue weighted by Crippen LogP contribution is 2.04. The predicted octanol–water partition coefficient (Wildman–Crippen LogP) is 2.45. The molecule has 1 aromatic heterocycles. The molecule has 1 N–H and O–H groups in total. The molecule has 0 saturated carbocycles. The van der Waals surface area contributed by atoms with Crippen LogP contribution in [0.4, 0.5) is 0 Å². The third-order valence-corrected chi connectivity index (χ3v) is 2.53. The molecule has 1 heterocycles. The number of carbonyl (C=O) groups is 1. The van der Waals surface area contributed by atoms with Gasteiger partial charge in [0.25, 0.3) is 0 Å². The van der Waals surface area contributed by atoms with E-state index in [1.54, 1.807) is 18.4 Å². The minimum Gasteiger partial charge on any atom is -0.469 e. The van der Waals surface area contributed by atoms with Crippen LogP contribution in [0, 0.1) is 6.92 Å². The highest BCUT2D eigenvalue weighted by atomic mass is 16.3. The molecular formula is C14H15NO2. The topological polar surface area (TPSA) is 42.2 Å². The number of aryl methyl sites for hydroxylation is 1. The van der Waals surface area contributed by atoms with E-state index in [1.807, 2.05) is 31.2 Å². The Hall–Kier alpha value is -2.03. The van der Waals surface area contributed by atoms with Crippen molar-refractivity contribution in [1.82, 2.24) is 5.32 Å². The summed E-state index contributed by atoms with van der Waals surface area (Å²) in [5.41, 5.74) is 2.32. The number of amides is 1. The Kier molecular flexibility index (Phi) is 3.60. The molecule has 88 valence electrons. The number of carbonyl (C=O) groups excluding carboxylic acids is 1. The van der Waals surface area contributed by atoms with Crippen LogP contribution in [0.25, 0.3) is 0 Å². The van der Waals surface area contributed by atoms with Crippen LogP contribution >= 0.6 is 0 Å². The molecule has 0 aliphatic heterocycles. The first kappa shape index (κ1) is 11.5. The Morgan fingerprint density at radius 2 is 2.00 bits per heavy atom. The number of nitrogens with one attached hydrogen (secondary N) is 1. The summed E-state index contributed by atoms with van der Waals surface area (Å²) in [6, 6.07) is 11.7. The van der Waals surface area contributed by atoms with Crippen LogP contribution in [0.3, 0.4) is 0 Å². The fourth-order valence-electron chi connectivity index (χ4n) is 1.54. The van der Waals surface area contributed by atoms with Gasteiger partial charge in [-0.15, -0.1) is 0 Å². The second-order valence-corrected chi connectivity index (χ2v) is 4.02. The molecule has 0 spiro atoms. The van der Waals surface area contributed by atoms with E-state index in [0.29, 0.717) is 18.7 Å². The third-order valence-electron chi connectivity index (χ3n) is 2.53. The Bertz CT molecular complexity index is 471. The lowest BCUT2D eigenvalue weighted by Crippen LogP contribution is -2.24. The monoisotopic (exact) mass is 229 g/mol. The molecule has 0 fully saturated rings. The van der Waals surface area contributed by atoms with Crippen molar-refractivity contribution in [3.8, 4) is 0 Å². The van der Waals surface area contributed by atoms with Crippen molar-refractivity contribution < 1.29 is 9.21 Å². The highest BCUT2D eigenvalue weighted by molar-refractivity contribution is 5.77. The summed E-state index contributed by atoms with van der Waals surface area (Å²) in [5.74, 6) is 0.659. The lowest BCUT2D eigenvalue weighted by Gasteiger charge is -2.04. The van der Waals surface area contributed by atoms with Crippen LogP contribution in [0.2, 0.25) is 0 Å². The fraction of sp³-hybridized carbons (Fsp3) is 0.214. The van der Waals surface area contributed by atoms with Crippen molar-refractivity contribution in [2.24, 2.45) is 0 Å². The van der Waals surface area contributed by atoms with Crippen molar-refractivity contribution in [2.45, 2.75) is 19.9 Å². The maximum absolute atomic E-state index is 11.6. The summed E-state index contributed by atoms with van der Waals surface area (Å²) < 4.78 is 5.11. The first-order valence-corrected chi connectivity index (χ1v) is 5.58. The van der Waals surface area contributed by atoms with E-state index in [4.69, 9.17) is 4.42 Å². The van der Waals surface area contributed by atoms with Gasteiger partial charge < -0.3 is 9.73 Å². The van der Waals surface area contributed by atoms with E-state index in [1.165, 1.54) is 5.56 Å². The van der Waals surface area contributed by atoms with Gasteiger partial charge in [0.2, 0.25) is 5.91 Å². The maximum Gasteiger partial charge on any atom is 0.227 e. The average Bonchev–Trinajstić information content (AvgIpc) is 2.81. The molecule has 0 aliphatic carbocycles. The molecule has 1 amide bonds. The van der Waals surface area contributed by atoms with Gasteiger partial charge in [0, 0.05) is 6.54 Å². The predicted molar refractivity (Wildman–Crippen MR) is 65.4 cm³/mol. The summed E-state index contributed by atoms with van der Waals surface area (Å²) in [4.78, 5) is 11.6. The molecule has 3 nitrogen and oxygen atoms in total. The van der Waals surface area contributed by atoms with Gasteiger partial charge in [0.1, 0.15) is 5.76 Å². The summed E-state index contributed by atoms with van der Waals surface area (Å²) in [5, 5.41) is 2.86. The number of hydrogen-bond donors (Lipinski definition) is 1. The van der Waals surface area contributed by atoms with Crippen LogP contribution < -0.4 is 5.32 Å². The average molecular weight is 229 g/mol.